The second-order valence-electron chi connectivity index (χ2n) is 6.78. The second kappa shape index (κ2) is 6.94. The van der Waals surface area contributed by atoms with Gasteiger partial charge in [0.25, 0.3) is 5.91 Å². The number of amides is 1. The number of hydrogen-bond donors (Lipinski definition) is 2. The summed E-state index contributed by atoms with van der Waals surface area (Å²) >= 11 is 0. The van der Waals surface area contributed by atoms with Gasteiger partial charge in [0.2, 0.25) is 0 Å². The molecule has 0 saturated heterocycles. The highest BCUT2D eigenvalue weighted by molar-refractivity contribution is 6.03. The molecule has 0 saturated carbocycles. The van der Waals surface area contributed by atoms with Crippen LogP contribution >= 0.6 is 0 Å². The smallest absolute Gasteiger partial charge is 0.410 e. The first-order valence-corrected chi connectivity index (χ1v) is 8.76. The van der Waals surface area contributed by atoms with Crippen LogP contribution in [-0.2, 0) is 0 Å². The molecule has 29 heavy (non-hydrogen) atoms. The molecule has 1 aromatic carbocycles. The van der Waals surface area contributed by atoms with E-state index in [0.29, 0.717) is 11.3 Å². The lowest BCUT2D eigenvalue weighted by Crippen LogP contribution is -2.35. The van der Waals surface area contributed by atoms with Crippen molar-refractivity contribution in [3.05, 3.63) is 65.5 Å². The Morgan fingerprint density at radius 3 is 2.76 bits per heavy atom. The zero-order valence-electron chi connectivity index (χ0n) is 15.1. The van der Waals surface area contributed by atoms with Crippen LogP contribution in [0.25, 0.3) is 0 Å². The number of nitrogens with one attached hydrogen (secondary N) is 2. The van der Waals surface area contributed by atoms with E-state index < -0.39 is 30.0 Å². The SMILES string of the molecule is Cc1ccc(NC(=O)c2cc3n(n2)[C@@H](C(F)(F)F)C[C@H](c2ccco2)N3)cc1F. The summed E-state index contributed by atoms with van der Waals surface area (Å²) in [7, 11) is 0. The van der Waals surface area contributed by atoms with Crippen LogP contribution in [0.5, 0.6) is 0 Å². The predicted molar refractivity (Wildman–Crippen MR) is 96.1 cm³/mol. The van der Waals surface area contributed by atoms with Crippen LogP contribution in [0, 0.1) is 12.7 Å². The highest BCUT2D eigenvalue weighted by atomic mass is 19.4. The zero-order chi connectivity index (χ0) is 20.8. The number of anilines is 2. The normalized spacial score (nSPS) is 18.8. The van der Waals surface area contributed by atoms with Crippen molar-refractivity contribution in [1.29, 1.82) is 0 Å². The molecule has 10 heteroatoms. The molecule has 4 rings (SSSR count). The quantitative estimate of drug-likeness (QED) is 0.609. The number of halogens is 4. The molecular weight excluding hydrogens is 392 g/mol. The van der Waals surface area contributed by atoms with Gasteiger partial charge in [0.1, 0.15) is 17.4 Å². The number of carbonyl (C=O) groups is 1. The lowest BCUT2D eigenvalue weighted by molar-refractivity contribution is -0.174. The number of aryl methyl sites for hydroxylation is 1. The van der Waals surface area contributed by atoms with Crippen molar-refractivity contribution in [3.8, 4) is 0 Å². The number of fused-ring (bicyclic) bond motifs is 1. The largest absolute Gasteiger partial charge is 0.467 e. The summed E-state index contributed by atoms with van der Waals surface area (Å²) in [5.74, 6) is -0.854. The maximum Gasteiger partial charge on any atom is 0.410 e. The topological polar surface area (TPSA) is 72.1 Å². The molecule has 6 nitrogen and oxygen atoms in total. The molecule has 0 bridgehead atoms. The van der Waals surface area contributed by atoms with E-state index in [2.05, 4.69) is 15.7 Å². The molecule has 1 aliphatic rings. The van der Waals surface area contributed by atoms with Gasteiger partial charge in [-0.3, -0.25) is 4.79 Å². The average Bonchev–Trinajstić information content (AvgIpc) is 3.32. The van der Waals surface area contributed by atoms with Crippen molar-refractivity contribution in [2.75, 3.05) is 10.6 Å². The van der Waals surface area contributed by atoms with Crippen molar-refractivity contribution in [1.82, 2.24) is 9.78 Å². The molecule has 3 heterocycles. The molecule has 152 valence electrons. The standard InChI is InChI=1S/C19H16F4N4O2/c1-10-4-5-11(7-12(10)20)24-18(28)14-9-17-25-13(15-3-2-6-29-15)8-16(19(21,22)23)27(17)26-14/h2-7,9,13,16,25H,8H2,1H3,(H,24,28)/t13-,16-/m1/s1. The number of benzene rings is 1. The third kappa shape index (κ3) is 3.69. The molecule has 2 N–H and O–H groups in total. The number of nitrogens with zero attached hydrogens (tertiary/aromatic N) is 2. The van der Waals surface area contributed by atoms with Crippen LogP contribution in [0.1, 0.15) is 40.3 Å². The molecule has 1 aliphatic heterocycles. The minimum atomic E-state index is -4.57. The molecule has 2 aromatic heterocycles. The van der Waals surface area contributed by atoms with E-state index in [-0.39, 0.29) is 23.6 Å². The van der Waals surface area contributed by atoms with E-state index >= 15 is 0 Å². The Morgan fingerprint density at radius 1 is 1.31 bits per heavy atom. The fourth-order valence-electron chi connectivity index (χ4n) is 3.23. The summed E-state index contributed by atoms with van der Waals surface area (Å²) in [5.41, 5.74) is 0.363. The van der Waals surface area contributed by atoms with Crippen LogP contribution in [0.3, 0.4) is 0 Å². The van der Waals surface area contributed by atoms with Crippen LogP contribution < -0.4 is 10.6 Å². The van der Waals surface area contributed by atoms with Gasteiger partial charge in [0.15, 0.2) is 11.7 Å². The van der Waals surface area contributed by atoms with Gasteiger partial charge in [0.05, 0.1) is 12.3 Å². The van der Waals surface area contributed by atoms with Crippen LogP contribution in [-0.4, -0.2) is 21.9 Å². The molecule has 0 unspecified atom stereocenters. The Kier molecular flexibility index (Phi) is 4.56. The van der Waals surface area contributed by atoms with Crippen molar-refractivity contribution in [2.45, 2.75) is 31.6 Å². The maximum atomic E-state index is 13.7. The molecule has 0 aliphatic carbocycles. The van der Waals surface area contributed by atoms with E-state index in [0.717, 1.165) is 10.7 Å². The summed E-state index contributed by atoms with van der Waals surface area (Å²) in [6.07, 6.45) is -3.53. The summed E-state index contributed by atoms with van der Waals surface area (Å²) < 4.78 is 60.5. The Labute approximate surface area is 162 Å². The Bertz CT molecular complexity index is 1040. The molecular formula is C19H16F4N4O2. The van der Waals surface area contributed by atoms with E-state index in [1.54, 1.807) is 19.1 Å². The zero-order valence-corrected chi connectivity index (χ0v) is 15.1. The van der Waals surface area contributed by atoms with Crippen molar-refractivity contribution < 1.29 is 26.8 Å². The minimum absolute atomic E-state index is 0.0419. The van der Waals surface area contributed by atoms with Crippen molar-refractivity contribution in [2.24, 2.45) is 0 Å². The van der Waals surface area contributed by atoms with Crippen LogP contribution in [0.2, 0.25) is 0 Å². The third-order valence-corrected chi connectivity index (χ3v) is 4.74. The number of alkyl halides is 3. The highest BCUT2D eigenvalue weighted by Gasteiger charge is 2.47. The average molecular weight is 408 g/mol. The van der Waals surface area contributed by atoms with Gasteiger partial charge >= 0.3 is 6.18 Å². The number of carbonyl (C=O) groups excluding carboxylic acids is 1. The molecule has 3 aromatic rings. The molecule has 0 radical (unpaired) electrons. The Hall–Kier alpha value is -3.30. The first kappa shape index (κ1) is 19.0. The minimum Gasteiger partial charge on any atom is -0.467 e. The van der Waals surface area contributed by atoms with E-state index in [9.17, 15) is 22.4 Å². The van der Waals surface area contributed by atoms with Crippen LogP contribution in [0.4, 0.5) is 29.1 Å². The monoisotopic (exact) mass is 408 g/mol. The van der Waals surface area contributed by atoms with Gasteiger partial charge in [-0.05, 0) is 36.8 Å². The molecule has 0 fully saturated rings. The van der Waals surface area contributed by atoms with Gasteiger partial charge in [-0.1, -0.05) is 6.07 Å². The summed E-state index contributed by atoms with van der Waals surface area (Å²) in [6.45, 7) is 1.57. The number of aromatic nitrogens is 2. The number of furan rings is 1. The first-order chi connectivity index (χ1) is 13.7. The van der Waals surface area contributed by atoms with Crippen LogP contribution in [0.15, 0.2) is 47.1 Å². The van der Waals surface area contributed by atoms with Gasteiger partial charge in [0, 0.05) is 18.2 Å². The third-order valence-electron chi connectivity index (χ3n) is 4.74. The molecule has 2 atom stereocenters. The predicted octanol–water partition coefficient (Wildman–Crippen LogP) is 4.84. The lowest BCUT2D eigenvalue weighted by atomic mass is 10.0. The Morgan fingerprint density at radius 2 is 2.10 bits per heavy atom. The van der Waals surface area contributed by atoms with Gasteiger partial charge < -0.3 is 15.1 Å². The summed E-state index contributed by atoms with van der Waals surface area (Å²) in [4.78, 5) is 12.5. The van der Waals surface area contributed by atoms with E-state index in [1.165, 1.54) is 24.5 Å². The molecule has 1 amide bonds. The molecule has 0 spiro atoms. The first-order valence-electron chi connectivity index (χ1n) is 8.76. The number of hydrogen-bond acceptors (Lipinski definition) is 4. The van der Waals surface area contributed by atoms with E-state index in [4.69, 9.17) is 4.42 Å². The fraction of sp³-hybridized carbons (Fsp3) is 0.263. The van der Waals surface area contributed by atoms with Crippen molar-refractivity contribution in [3.63, 3.8) is 0 Å². The maximum absolute atomic E-state index is 13.7. The highest BCUT2D eigenvalue weighted by Crippen LogP contribution is 2.43. The second-order valence-corrected chi connectivity index (χ2v) is 6.78. The summed E-state index contributed by atoms with van der Waals surface area (Å²) in [6, 6.07) is 5.87. The Balaban J connectivity index is 1.63. The van der Waals surface area contributed by atoms with Gasteiger partial charge in [-0.15, -0.1) is 0 Å². The fourth-order valence-corrected chi connectivity index (χ4v) is 3.23. The van der Waals surface area contributed by atoms with Crippen molar-refractivity contribution >= 4 is 17.4 Å². The lowest BCUT2D eigenvalue weighted by Gasteiger charge is -2.32. The number of rotatable bonds is 3. The van der Waals surface area contributed by atoms with Gasteiger partial charge in [-0.2, -0.15) is 18.3 Å². The van der Waals surface area contributed by atoms with Gasteiger partial charge in [-0.25, -0.2) is 9.07 Å². The summed E-state index contributed by atoms with van der Waals surface area (Å²) in [5, 5.41) is 9.22. The van der Waals surface area contributed by atoms with E-state index in [1.807, 2.05) is 0 Å².